The molecule has 3 N–H and O–H groups in total. The average Bonchev–Trinajstić information content (AvgIpc) is 3.11. The van der Waals surface area contributed by atoms with Gasteiger partial charge in [-0.05, 0) is 58.4 Å². The number of aryl methyl sites for hydroxylation is 2. The lowest BCUT2D eigenvalue weighted by atomic mass is 9.79. The number of hydrogen-bond donors (Lipinski definition) is 2. The van der Waals surface area contributed by atoms with E-state index >= 15 is 0 Å². The third-order valence-electron chi connectivity index (χ3n) is 5.26. The van der Waals surface area contributed by atoms with Crippen LogP contribution in [0.25, 0.3) is 11.3 Å². The number of hydrogen-bond acceptors (Lipinski definition) is 6. The molecule has 0 radical (unpaired) electrons. The zero-order chi connectivity index (χ0) is 19.2. The number of carbonyl (C=O) groups excluding carboxylic acids is 1. The van der Waals surface area contributed by atoms with E-state index in [4.69, 9.17) is 15.2 Å². The van der Waals surface area contributed by atoms with E-state index in [1.54, 1.807) is 0 Å². The van der Waals surface area contributed by atoms with Crippen LogP contribution in [0.2, 0.25) is 0 Å². The number of nitrogens with one attached hydrogen (secondary N) is 1. The minimum Gasteiger partial charge on any atom is -0.356 e. The number of nitrogens with zero attached hydrogens (tertiary/aromatic N) is 3. The normalized spacial score (nSPS) is 19.8. The number of aromatic nitrogens is 3. The van der Waals surface area contributed by atoms with Crippen molar-refractivity contribution in [2.45, 2.75) is 58.3 Å². The lowest BCUT2D eigenvalue weighted by molar-refractivity contribution is -0.121. The second kappa shape index (κ2) is 9.08. The molecular weight excluding hydrogens is 342 g/mol. The Morgan fingerprint density at radius 2 is 2.07 bits per heavy atom. The average molecular weight is 371 g/mol. The molecule has 146 valence electrons. The Kier molecular flexibility index (Phi) is 6.55. The van der Waals surface area contributed by atoms with Crippen molar-refractivity contribution in [3.05, 3.63) is 29.5 Å². The van der Waals surface area contributed by atoms with Gasteiger partial charge in [0.05, 0.1) is 17.0 Å². The molecule has 0 aromatic carbocycles. The van der Waals surface area contributed by atoms with E-state index in [1.807, 2.05) is 26.1 Å². The Morgan fingerprint density at radius 3 is 2.74 bits per heavy atom. The first kappa shape index (κ1) is 19.5. The van der Waals surface area contributed by atoms with Gasteiger partial charge in [-0.2, -0.15) is 0 Å². The van der Waals surface area contributed by atoms with Gasteiger partial charge < -0.3 is 15.6 Å². The highest BCUT2D eigenvalue weighted by molar-refractivity contribution is 5.75. The number of amides is 1. The third kappa shape index (κ3) is 5.13. The fourth-order valence-electron chi connectivity index (χ4n) is 3.73. The molecule has 1 saturated carbocycles. The Morgan fingerprint density at radius 1 is 1.30 bits per heavy atom. The second-order valence-corrected chi connectivity index (χ2v) is 7.46. The Hall–Kier alpha value is -2.28. The molecule has 0 saturated heterocycles. The second-order valence-electron chi connectivity index (χ2n) is 7.46. The molecule has 7 heteroatoms. The molecule has 1 aliphatic carbocycles. The topological polar surface area (TPSA) is 107 Å². The first-order chi connectivity index (χ1) is 13.1. The minimum atomic E-state index is 0.108. The van der Waals surface area contributed by atoms with Crippen LogP contribution in [0.15, 0.2) is 16.8 Å². The van der Waals surface area contributed by atoms with Crippen LogP contribution in [0.3, 0.4) is 0 Å². The van der Waals surface area contributed by atoms with E-state index in [0.717, 1.165) is 67.2 Å². The summed E-state index contributed by atoms with van der Waals surface area (Å²) in [6.45, 7) is 5.15. The van der Waals surface area contributed by atoms with Crippen molar-refractivity contribution in [2.24, 2.45) is 11.7 Å². The van der Waals surface area contributed by atoms with Crippen LogP contribution in [0, 0.1) is 19.8 Å². The van der Waals surface area contributed by atoms with Crippen molar-refractivity contribution in [2.75, 3.05) is 13.1 Å². The summed E-state index contributed by atoms with van der Waals surface area (Å²) in [5.74, 6) is 2.53. The zero-order valence-electron chi connectivity index (χ0n) is 16.2. The van der Waals surface area contributed by atoms with Gasteiger partial charge in [0.15, 0.2) is 5.76 Å². The molecule has 27 heavy (non-hydrogen) atoms. The van der Waals surface area contributed by atoms with Crippen LogP contribution >= 0.6 is 0 Å². The van der Waals surface area contributed by atoms with Crippen molar-refractivity contribution in [1.82, 2.24) is 20.4 Å². The molecular formula is C20H29N5O2. The summed E-state index contributed by atoms with van der Waals surface area (Å²) < 4.78 is 5.45. The maximum absolute atomic E-state index is 11.8. The number of nitrogens with two attached hydrogens (primary N) is 1. The monoisotopic (exact) mass is 371 g/mol. The highest BCUT2D eigenvalue weighted by Gasteiger charge is 2.27. The van der Waals surface area contributed by atoms with Gasteiger partial charge in [-0.15, -0.1) is 0 Å². The highest BCUT2D eigenvalue weighted by atomic mass is 16.5. The van der Waals surface area contributed by atoms with Crippen molar-refractivity contribution >= 4 is 5.91 Å². The maximum Gasteiger partial charge on any atom is 0.220 e. The fourth-order valence-corrected chi connectivity index (χ4v) is 3.73. The van der Waals surface area contributed by atoms with E-state index in [0.29, 0.717) is 24.8 Å². The number of carbonyl (C=O) groups is 1. The third-order valence-corrected chi connectivity index (χ3v) is 5.26. The van der Waals surface area contributed by atoms with E-state index < -0.39 is 0 Å². The standard InChI is InChI=1S/C20H29N5O2/c1-13-10-18(27-25-13)17-12-22-14(2)24-20(17)16-7-5-15(6-8-16)11-23-19(26)4-3-9-21/h10,12,15-16H,3-9,11,21H2,1-2H3,(H,23,26). The van der Waals surface area contributed by atoms with E-state index in [2.05, 4.69) is 15.5 Å². The SMILES string of the molecule is Cc1cc(-c2cnc(C)nc2C2CCC(CNC(=O)CCCN)CC2)on1. The lowest BCUT2D eigenvalue weighted by Crippen LogP contribution is -2.31. The van der Waals surface area contributed by atoms with E-state index in [1.165, 1.54) is 0 Å². The summed E-state index contributed by atoms with van der Waals surface area (Å²) >= 11 is 0. The largest absolute Gasteiger partial charge is 0.356 e. The predicted molar refractivity (Wildman–Crippen MR) is 103 cm³/mol. The first-order valence-corrected chi connectivity index (χ1v) is 9.80. The molecule has 1 fully saturated rings. The van der Waals surface area contributed by atoms with Crippen LogP contribution in [0.5, 0.6) is 0 Å². The van der Waals surface area contributed by atoms with E-state index in [9.17, 15) is 4.79 Å². The molecule has 3 rings (SSSR count). The summed E-state index contributed by atoms with van der Waals surface area (Å²) in [4.78, 5) is 20.9. The summed E-state index contributed by atoms with van der Waals surface area (Å²) in [6.07, 6.45) is 7.39. The molecule has 0 unspecified atom stereocenters. The lowest BCUT2D eigenvalue weighted by Gasteiger charge is -2.29. The minimum absolute atomic E-state index is 0.108. The van der Waals surface area contributed by atoms with Crippen molar-refractivity contribution in [3.8, 4) is 11.3 Å². The molecule has 1 aliphatic rings. The molecule has 2 aromatic rings. The Bertz CT molecular complexity index is 765. The van der Waals surface area contributed by atoms with Gasteiger partial charge in [0.1, 0.15) is 5.82 Å². The molecule has 0 aliphatic heterocycles. The summed E-state index contributed by atoms with van der Waals surface area (Å²) in [5.41, 5.74) is 8.31. The van der Waals surface area contributed by atoms with Gasteiger partial charge in [0.2, 0.25) is 5.91 Å². The molecule has 7 nitrogen and oxygen atoms in total. The smallest absolute Gasteiger partial charge is 0.220 e. The molecule has 0 atom stereocenters. The van der Waals surface area contributed by atoms with Gasteiger partial charge in [0.25, 0.3) is 0 Å². The molecule has 2 heterocycles. The van der Waals surface area contributed by atoms with Crippen LogP contribution in [0.4, 0.5) is 0 Å². The summed E-state index contributed by atoms with van der Waals surface area (Å²) in [6, 6.07) is 1.93. The van der Waals surface area contributed by atoms with Crippen LogP contribution in [0.1, 0.15) is 61.7 Å². The van der Waals surface area contributed by atoms with Crippen molar-refractivity contribution < 1.29 is 9.32 Å². The van der Waals surface area contributed by atoms with Gasteiger partial charge in [-0.25, -0.2) is 9.97 Å². The quantitative estimate of drug-likeness (QED) is 0.775. The summed E-state index contributed by atoms with van der Waals surface area (Å²) in [7, 11) is 0. The first-order valence-electron chi connectivity index (χ1n) is 9.80. The Balaban J connectivity index is 1.61. The van der Waals surface area contributed by atoms with Gasteiger partial charge in [-0.1, -0.05) is 5.16 Å². The zero-order valence-corrected chi connectivity index (χ0v) is 16.2. The molecule has 0 bridgehead atoms. The van der Waals surface area contributed by atoms with Gasteiger partial charge in [-0.3, -0.25) is 4.79 Å². The van der Waals surface area contributed by atoms with Gasteiger partial charge >= 0.3 is 0 Å². The van der Waals surface area contributed by atoms with E-state index in [-0.39, 0.29) is 5.91 Å². The van der Waals surface area contributed by atoms with Gasteiger partial charge in [0, 0.05) is 31.1 Å². The van der Waals surface area contributed by atoms with Crippen molar-refractivity contribution in [3.63, 3.8) is 0 Å². The number of rotatable bonds is 7. The van der Waals surface area contributed by atoms with Crippen LogP contribution in [-0.2, 0) is 4.79 Å². The predicted octanol–water partition coefficient (Wildman–Crippen LogP) is 2.88. The van der Waals surface area contributed by atoms with Crippen LogP contribution < -0.4 is 11.1 Å². The Labute approximate surface area is 160 Å². The fraction of sp³-hybridized carbons (Fsp3) is 0.600. The van der Waals surface area contributed by atoms with Crippen molar-refractivity contribution in [1.29, 1.82) is 0 Å². The van der Waals surface area contributed by atoms with Crippen LogP contribution in [-0.4, -0.2) is 34.1 Å². The molecule has 0 spiro atoms. The summed E-state index contributed by atoms with van der Waals surface area (Å²) in [5, 5.41) is 7.04. The molecule has 1 amide bonds. The maximum atomic E-state index is 11.8. The highest BCUT2D eigenvalue weighted by Crippen LogP contribution is 2.38. The molecule has 2 aromatic heterocycles.